The molecule has 30 valence electrons. The van der Waals surface area contributed by atoms with E-state index in [-0.39, 0.29) is 0 Å². The minimum absolute atomic E-state index is 0.610. The van der Waals surface area contributed by atoms with Crippen molar-refractivity contribution in [2.75, 3.05) is 0 Å². The Morgan fingerprint density at radius 1 is 1.20 bits per heavy atom. The highest BCUT2D eigenvalue weighted by atomic mass is 32.1. The summed E-state index contributed by atoms with van der Waals surface area (Å²) in [5.41, 5.74) is 0. The van der Waals surface area contributed by atoms with Gasteiger partial charge in [-0.15, -0.1) is 0 Å². The van der Waals surface area contributed by atoms with Crippen LogP contribution in [0.1, 0.15) is 6.42 Å². The van der Waals surface area contributed by atoms with E-state index in [1.54, 1.807) is 0 Å². The largest absolute Gasteiger partial charge is 0.175 e. The van der Waals surface area contributed by atoms with Crippen LogP contribution < -0.4 is 0 Å². The Kier molecular flexibility index (Phi) is 0.841. The Morgan fingerprint density at radius 2 is 1.40 bits per heavy atom. The van der Waals surface area contributed by atoms with Crippen LogP contribution in [0.15, 0.2) is 0 Å². The lowest BCUT2D eigenvalue weighted by atomic mass is 11.0. The molecule has 2 atom stereocenters. The van der Waals surface area contributed by atoms with Crippen LogP contribution in [-0.2, 0) is 0 Å². The molecule has 5 heavy (non-hydrogen) atoms. The molecule has 0 radical (unpaired) electrons. The summed E-state index contributed by atoms with van der Waals surface area (Å²) in [6.45, 7) is 0. The summed E-state index contributed by atoms with van der Waals surface area (Å²) >= 11 is 8.19. The highest BCUT2D eigenvalue weighted by Crippen LogP contribution is 2.32. The number of thiol groups is 2. The Balaban J connectivity index is 2.20. The van der Waals surface area contributed by atoms with E-state index in [0.29, 0.717) is 10.5 Å². The fourth-order valence-corrected chi connectivity index (χ4v) is 0.789. The molecule has 2 unspecified atom stereocenters. The zero-order chi connectivity index (χ0) is 3.86. The van der Waals surface area contributed by atoms with E-state index < -0.39 is 0 Å². The predicted octanol–water partition coefficient (Wildman–Crippen LogP) is 0.987. The van der Waals surface area contributed by atoms with Gasteiger partial charge in [-0.1, -0.05) is 0 Å². The van der Waals surface area contributed by atoms with Crippen molar-refractivity contribution in [1.29, 1.82) is 0 Å². The highest BCUT2D eigenvalue weighted by molar-refractivity contribution is 7.86. The monoisotopic (exact) mass is 106 g/mol. The SMILES string of the molecule is SC1CC1S. The smallest absolute Gasteiger partial charge is 0.0145 e. The van der Waals surface area contributed by atoms with Gasteiger partial charge in [0.15, 0.2) is 0 Å². The minimum atomic E-state index is 0.610. The molecule has 2 heteroatoms. The van der Waals surface area contributed by atoms with Gasteiger partial charge in [0, 0.05) is 10.5 Å². The van der Waals surface area contributed by atoms with Gasteiger partial charge in [-0.05, 0) is 6.42 Å². The molecule has 1 rings (SSSR count). The summed E-state index contributed by atoms with van der Waals surface area (Å²) in [5.74, 6) is 0. The van der Waals surface area contributed by atoms with E-state index in [1.165, 1.54) is 6.42 Å². The molecule has 0 saturated heterocycles. The molecule has 0 aromatic heterocycles. The summed E-state index contributed by atoms with van der Waals surface area (Å²) in [7, 11) is 0. The van der Waals surface area contributed by atoms with Crippen LogP contribution in [0.2, 0.25) is 0 Å². The molecular formula is C3H6S2. The maximum atomic E-state index is 4.10. The third-order valence-electron chi connectivity index (χ3n) is 0.724. The van der Waals surface area contributed by atoms with Gasteiger partial charge >= 0.3 is 0 Å². The molecule has 0 aromatic rings. The van der Waals surface area contributed by atoms with Crippen LogP contribution in [-0.4, -0.2) is 10.5 Å². The van der Waals surface area contributed by atoms with Crippen molar-refractivity contribution < 1.29 is 0 Å². The molecule has 0 aliphatic heterocycles. The topological polar surface area (TPSA) is 0 Å². The van der Waals surface area contributed by atoms with E-state index in [0.717, 1.165) is 0 Å². The molecule has 0 spiro atoms. The predicted molar refractivity (Wildman–Crippen MR) is 30.2 cm³/mol. The van der Waals surface area contributed by atoms with E-state index in [1.807, 2.05) is 0 Å². The fourth-order valence-electron chi connectivity index (χ4n) is 0.169. The van der Waals surface area contributed by atoms with Gasteiger partial charge < -0.3 is 0 Å². The molecule has 1 aliphatic carbocycles. The van der Waals surface area contributed by atoms with Crippen LogP contribution in [0.4, 0.5) is 0 Å². The van der Waals surface area contributed by atoms with Crippen molar-refractivity contribution in [3.05, 3.63) is 0 Å². The summed E-state index contributed by atoms with van der Waals surface area (Å²) in [5, 5.41) is 1.22. The number of rotatable bonds is 0. The Hall–Kier alpha value is 0.700. The maximum Gasteiger partial charge on any atom is 0.0145 e. The van der Waals surface area contributed by atoms with E-state index in [4.69, 9.17) is 0 Å². The first-order chi connectivity index (χ1) is 2.30. The van der Waals surface area contributed by atoms with Crippen LogP contribution in [0, 0.1) is 0 Å². The first kappa shape index (κ1) is 3.88. The standard InChI is InChI=1S/C3H6S2/c4-2-1-3(2)5/h2-5H,1H2. The van der Waals surface area contributed by atoms with Crippen molar-refractivity contribution in [2.45, 2.75) is 16.9 Å². The third kappa shape index (κ3) is 0.763. The zero-order valence-corrected chi connectivity index (χ0v) is 4.55. The van der Waals surface area contributed by atoms with Crippen molar-refractivity contribution in [3.63, 3.8) is 0 Å². The van der Waals surface area contributed by atoms with E-state index >= 15 is 0 Å². The molecule has 0 bridgehead atoms. The number of hydrogen-bond acceptors (Lipinski definition) is 2. The normalized spacial score (nSPS) is 49.2. The summed E-state index contributed by atoms with van der Waals surface area (Å²) < 4.78 is 0. The second kappa shape index (κ2) is 1.09. The van der Waals surface area contributed by atoms with Gasteiger partial charge in [0.05, 0.1) is 0 Å². The van der Waals surface area contributed by atoms with Crippen molar-refractivity contribution >= 4 is 25.3 Å². The maximum absolute atomic E-state index is 4.10. The van der Waals surface area contributed by atoms with Gasteiger partial charge in [-0.3, -0.25) is 0 Å². The van der Waals surface area contributed by atoms with Crippen molar-refractivity contribution in [2.24, 2.45) is 0 Å². The second-order valence-electron chi connectivity index (χ2n) is 1.37. The molecule has 0 N–H and O–H groups in total. The number of hydrogen-bond donors (Lipinski definition) is 2. The molecule has 0 amide bonds. The lowest BCUT2D eigenvalue weighted by Gasteiger charge is -1.66. The zero-order valence-electron chi connectivity index (χ0n) is 2.76. The van der Waals surface area contributed by atoms with Crippen molar-refractivity contribution in [1.82, 2.24) is 0 Å². The van der Waals surface area contributed by atoms with Crippen LogP contribution in [0.3, 0.4) is 0 Å². The summed E-state index contributed by atoms with van der Waals surface area (Å²) in [6.07, 6.45) is 1.20. The molecule has 0 heterocycles. The molecule has 1 fully saturated rings. The highest BCUT2D eigenvalue weighted by Gasteiger charge is 2.29. The first-order valence-corrected chi connectivity index (χ1v) is 2.70. The molecule has 0 aromatic carbocycles. The third-order valence-corrected chi connectivity index (χ3v) is 2.10. The van der Waals surface area contributed by atoms with Crippen LogP contribution >= 0.6 is 25.3 Å². The molecular weight excluding hydrogens is 100 g/mol. The second-order valence-corrected chi connectivity index (χ2v) is 2.70. The first-order valence-electron chi connectivity index (χ1n) is 1.67. The van der Waals surface area contributed by atoms with Crippen LogP contribution in [0.25, 0.3) is 0 Å². The van der Waals surface area contributed by atoms with Gasteiger partial charge in [0.1, 0.15) is 0 Å². The van der Waals surface area contributed by atoms with Crippen LogP contribution in [0.5, 0.6) is 0 Å². The van der Waals surface area contributed by atoms with E-state index in [2.05, 4.69) is 25.3 Å². The molecule has 1 saturated carbocycles. The molecule has 1 aliphatic rings. The Labute approximate surface area is 42.8 Å². The average Bonchev–Trinajstić information content (AvgIpc) is 1.79. The van der Waals surface area contributed by atoms with Gasteiger partial charge in [-0.2, -0.15) is 25.3 Å². The minimum Gasteiger partial charge on any atom is -0.175 e. The van der Waals surface area contributed by atoms with Gasteiger partial charge in [0.2, 0.25) is 0 Å². The quantitative estimate of drug-likeness (QED) is 0.423. The average molecular weight is 106 g/mol. The lowest BCUT2D eigenvalue weighted by Crippen LogP contribution is -1.64. The Bertz CT molecular complexity index is 38.2. The van der Waals surface area contributed by atoms with E-state index in [9.17, 15) is 0 Å². The fraction of sp³-hybridized carbons (Fsp3) is 1.00. The summed E-state index contributed by atoms with van der Waals surface area (Å²) in [4.78, 5) is 0. The van der Waals surface area contributed by atoms with Gasteiger partial charge in [0.25, 0.3) is 0 Å². The van der Waals surface area contributed by atoms with Crippen molar-refractivity contribution in [3.8, 4) is 0 Å². The van der Waals surface area contributed by atoms with Gasteiger partial charge in [-0.25, -0.2) is 0 Å². The Morgan fingerprint density at radius 3 is 1.40 bits per heavy atom. The lowest BCUT2D eigenvalue weighted by molar-refractivity contribution is 1.52. The summed E-state index contributed by atoms with van der Waals surface area (Å²) in [6, 6.07) is 0. The molecule has 0 nitrogen and oxygen atoms in total.